The van der Waals surface area contributed by atoms with Crippen molar-refractivity contribution < 1.29 is 22.6 Å². The topological polar surface area (TPSA) is 39.9 Å². The number of hydrogen-bond donors (Lipinski definition) is 0. The highest BCUT2D eigenvalue weighted by atomic mass is 16.5. The van der Waals surface area contributed by atoms with Gasteiger partial charge in [0.2, 0.25) is 0 Å². The van der Waals surface area contributed by atoms with Crippen LogP contribution in [-0.4, -0.2) is 21.6 Å². The average molecular weight is 863 g/mol. The highest BCUT2D eigenvalue weighted by molar-refractivity contribution is 5.98. The molecule has 9 rings (SSSR count). The molecule has 0 saturated carbocycles. The van der Waals surface area contributed by atoms with Gasteiger partial charge in [0.15, 0.2) is 0 Å². The van der Waals surface area contributed by atoms with Crippen LogP contribution in [0, 0.1) is 27.6 Å². The van der Waals surface area contributed by atoms with Gasteiger partial charge < -0.3 is 4.74 Å². The lowest BCUT2D eigenvalue weighted by Gasteiger charge is -2.22. The molecule has 0 radical (unpaired) electrons. The Labute approximate surface area is 403 Å². The molecule has 0 aliphatic rings. The minimum atomic E-state index is -2.99. The smallest absolute Gasteiger partial charge is 0.149 e. The van der Waals surface area contributed by atoms with Crippen LogP contribution in [0.2, 0.25) is 0 Å². The fourth-order valence-corrected chi connectivity index (χ4v) is 8.53. The van der Waals surface area contributed by atoms with Gasteiger partial charge in [0.25, 0.3) is 0 Å². The minimum absolute atomic E-state index is 0.0775. The molecule has 4 nitrogen and oxygen atoms in total. The lowest BCUT2D eigenvalue weighted by atomic mass is 9.83. The molecule has 0 bridgehead atoms. The van der Waals surface area contributed by atoms with E-state index in [0.29, 0.717) is 56.1 Å². The molecule has 2 heterocycles. The van der Waals surface area contributed by atoms with Crippen molar-refractivity contribution in [2.24, 2.45) is 0 Å². The molecule has 2 aromatic heterocycles. The lowest BCUT2D eigenvalue weighted by Crippen LogP contribution is -2.11. The van der Waals surface area contributed by atoms with Crippen molar-refractivity contribution in [2.75, 3.05) is 7.11 Å². The maximum atomic E-state index is 9.63. The van der Waals surface area contributed by atoms with E-state index in [2.05, 4.69) is 50.0 Å². The van der Waals surface area contributed by atoms with Crippen LogP contribution >= 0.6 is 0 Å². The van der Waals surface area contributed by atoms with E-state index < -0.39 is 78.2 Å². The number of ether oxygens (including phenoxy) is 1. The van der Waals surface area contributed by atoms with E-state index in [4.69, 9.17) is 26.2 Å². The molecular weight excluding hydrogens is 791 g/mol. The molecule has 0 aliphatic heterocycles. The summed E-state index contributed by atoms with van der Waals surface area (Å²) < 4.78 is 122. The Kier molecular flexibility index (Phi) is 7.81. The standard InChI is InChI=1S/C61H59N3O/c1-38-20-22-42(23-21-38)45-28-29-62-54(36-45)47-33-46(34-49(35-47)61(8,9)10)50-18-15-19-55-57(50)63-59(53-31-39(2)30-41(4)58(53)65-11)64(55)56-32-40(3)51(43-16-13-12-14-17-43)37-52(56)44-24-26-48(27-25-44)60(5,6)7/h12-37H,1-11H3/i1D3,3D3,20D,21D,22D,23D,28D,29D,36D. The van der Waals surface area contributed by atoms with E-state index in [-0.39, 0.29) is 16.7 Å². The van der Waals surface area contributed by atoms with E-state index in [1.54, 1.807) is 19.2 Å². The highest BCUT2D eigenvalue weighted by Crippen LogP contribution is 2.44. The number of hydrogen-bond acceptors (Lipinski definition) is 3. The second kappa shape index (κ2) is 16.8. The predicted octanol–water partition coefficient (Wildman–Crippen LogP) is 16.3. The van der Waals surface area contributed by atoms with Gasteiger partial charge in [-0.1, -0.05) is 150 Å². The van der Waals surface area contributed by atoms with E-state index >= 15 is 0 Å². The zero-order valence-electron chi connectivity index (χ0n) is 51.2. The first-order chi connectivity index (χ1) is 36.4. The number of pyridine rings is 1. The first kappa shape index (κ1) is 30.2. The summed E-state index contributed by atoms with van der Waals surface area (Å²) >= 11 is 0. The number of aromatic nitrogens is 3. The molecule has 4 heteroatoms. The van der Waals surface area contributed by atoms with Gasteiger partial charge in [0.1, 0.15) is 11.6 Å². The van der Waals surface area contributed by atoms with Crippen molar-refractivity contribution in [3.05, 3.63) is 191 Å². The number of aryl methyl sites for hydroxylation is 3. The number of fused-ring (bicyclic) bond motifs is 1. The third kappa shape index (κ3) is 8.42. The molecule has 0 spiro atoms. The van der Waals surface area contributed by atoms with Gasteiger partial charge in [-0.15, -0.1) is 0 Å². The number of benzene rings is 7. The zero-order valence-corrected chi connectivity index (χ0v) is 38.2. The van der Waals surface area contributed by atoms with Crippen molar-refractivity contribution in [1.82, 2.24) is 14.5 Å². The first-order valence-electron chi connectivity index (χ1n) is 28.2. The number of para-hydroxylation sites is 1. The van der Waals surface area contributed by atoms with E-state index in [0.717, 1.165) is 38.9 Å². The molecule has 0 N–H and O–H groups in total. The van der Waals surface area contributed by atoms with Gasteiger partial charge in [-0.05, 0) is 148 Å². The Balaban J connectivity index is 1.39. The van der Waals surface area contributed by atoms with Crippen molar-refractivity contribution >= 4 is 11.0 Å². The van der Waals surface area contributed by atoms with E-state index in [1.807, 2.05) is 118 Å². The summed E-state index contributed by atoms with van der Waals surface area (Å²) in [5.74, 6) is 1.05. The average Bonchev–Trinajstić information content (AvgIpc) is 3.92. The van der Waals surface area contributed by atoms with Crippen molar-refractivity contribution in [3.8, 4) is 78.6 Å². The summed E-state index contributed by atoms with van der Waals surface area (Å²) in [7, 11) is 1.61. The van der Waals surface area contributed by atoms with Gasteiger partial charge in [0, 0.05) is 31.1 Å². The predicted molar refractivity (Wildman–Crippen MR) is 274 cm³/mol. The molecule has 9 aromatic rings. The highest BCUT2D eigenvalue weighted by Gasteiger charge is 2.26. The zero-order chi connectivity index (χ0) is 56.9. The minimum Gasteiger partial charge on any atom is -0.496 e. The SMILES string of the molecule is [2H]c1nc(-c2cc(-c3cccc4c3nc(-c3cc(C)cc(C)c3OC)n4-c3cc(C([2H])([2H])[2H])c(-c4ccccc4)cc3-c3ccc(C(C)(C)C)cc3)cc(C(C)(C)C)c2)c([2H])c(-c2c([2H])c([2H])c(C([2H])([2H])[2H])c([2H])c2[2H])c1[2H]. The van der Waals surface area contributed by atoms with E-state index in [9.17, 15) is 1.37 Å². The van der Waals surface area contributed by atoms with Gasteiger partial charge in [-0.25, -0.2) is 4.98 Å². The molecule has 324 valence electrons. The Hall–Kier alpha value is -7.04. The normalized spacial score (nSPS) is 15.2. The second-order valence-electron chi connectivity index (χ2n) is 18.7. The molecule has 0 saturated heterocycles. The Morgan fingerprint density at radius 3 is 1.97 bits per heavy atom. The van der Waals surface area contributed by atoms with E-state index in [1.165, 1.54) is 0 Å². The van der Waals surface area contributed by atoms with Crippen LogP contribution in [0.4, 0.5) is 0 Å². The molecule has 0 unspecified atom stereocenters. The summed E-state index contributed by atoms with van der Waals surface area (Å²) in [6.07, 6.45) is -0.595. The number of imidazole rings is 1. The van der Waals surface area contributed by atoms with Gasteiger partial charge in [-0.3, -0.25) is 9.55 Å². The Bertz CT molecular complexity index is 3840. The van der Waals surface area contributed by atoms with Crippen LogP contribution in [0.3, 0.4) is 0 Å². The van der Waals surface area contributed by atoms with Crippen LogP contribution in [0.15, 0.2) is 158 Å². The third-order valence-electron chi connectivity index (χ3n) is 11.9. The van der Waals surface area contributed by atoms with Crippen molar-refractivity contribution in [3.63, 3.8) is 0 Å². The Morgan fingerprint density at radius 1 is 0.554 bits per heavy atom. The third-order valence-corrected chi connectivity index (χ3v) is 11.9. The van der Waals surface area contributed by atoms with Crippen LogP contribution in [-0.2, 0) is 10.8 Å². The van der Waals surface area contributed by atoms with Gasteiger partial charge in [-0.2, -0.15) is 0 Å². The molecule has 0 fully saturated rings. The molecule has 65 heavy (non-hydrogen) atoms. The fraction of sp³-hybridized carbons (Fsp3) is 0.213. The van der Waals surface area contributed by atoms with Gasteiger partial charge in [0.05, 0.1) is 44.7 Å². The summed E-state index contributed by atoms with van der Waals surface area (Å²) in [6, 6.07) is 32.8. The van der Waals surface area contributed by atoms with Crippen molar-refractivity contribution in [2.45, 2.75) is 79.9 Å². The first-order valence-corrected chi connectivity index (χ1v) is 21.7. The second-order valence-corrected chi connectivity index (χ2v) is 18.7. The molecule has 0 amide bonds. The lowest BCUT2D eigenvalue weighted by molar-refractivity contribution is 0.413. The number of rotatable bonds is 8. The summed E-state index contributed by atoms with van der Waals surface area (Å²) in [6.45, 7) is 10.9. The molecular formula is C61H59N3O. The molecule has 0 aliphatic carbocycles. The number of methoxy groups -OCH3 is 1. The summed E-state index contributed by atoms with van der Waals surface area (Å²) in [5, 5.41) is 0. The maximum absolute atomic E-state index is 9.63. The monoisotopic (exact) mass is 863 g/mol. The van der Waals surface area contributed by atoms with Crippen LogP contribution in [0.25, 0.3) is 83.9 Å². The largest absolute Gasteiger partial charge is 0.496 e. The number of nitrogens with zero attached hydrogens (tertiary/aromatic N) is 3. The summed E-state index contributed by atoms with van der Waals surface area (Å²) in [4.78, 5) is 10.0. The van der Waals surface area contributed by atoms with Crippen LogP contribution in [0.1, 0.15) is 92.7 Å². The van der Waals surface area contributed by atoms with Crippen molar-refractivity contribution in [1.29, 1.82) is 0 Å². The van der Waals surface area contributed by atoms with Crippen LogP contribution in [0.5, 0.6) is 5.75 Å². The quantitative estimate of drug-likeness (QED) is 0.153. The maximum Gasteiger partial charge on any atom is 0.149 e. The molecule has 7 aromatic carbocycles. The fourth-order valence-electron chi connectivity index (χ4n) is 8.53. The van der Waals surface area contributed by atoms with Gasteiger partial charge >= 0.3 is 0 Å². The molecule has 0 atom stereocenters. The Morgan fingerprint density at radius 2 is 1.28 bits per heavy atom. The van der Waals surface area contributed by atoms with Crippen LogP contribution < -0.4 is 4.74 Å². The summed E-state index contributed by atoms with van der Waals surface area (Å²) in [5.41, 5.74) is 8.33.